The summed E-state index contributed by atoms with van der Waals surface area (Å²) in [6.45, 7) is 2.11. The zero-order valence-electron chi connectivity index (χ0n) is 16.9. The van der Waals surface area contributed by atoms with Crippen LogP contribution >= 0.6 is 0 Å². The Morgan fingerprint density at radius 1 is 1.18 bits per heavy atom. The van der Waals surface area contributed by atoms with Crippen LogP contribution in [0.4, 0.5) is 0 Å². The van der Waals surface area contributed by atoms with Gasteiger partial charge in [0.2, 0.25) is 0 Å². The van der Waals surface area contributed by atoms with E-state index in [-0.39, 0.29) is 11.3 Å². The van der Waals surface area contributed by atoms with Crippen LogP contribution in [0, 0.1) is 29.6 Å². The molecule has 0 heterocycles. The molecule has 0 aliphatic heterocycles. The molecule has 3 saturated carbocycles. The minimum absolute atomic E-state index is 0.282. The predicted molar refractivity (Wildman–Crippen MR) is 109 cm³/mol. The first-order chi connectivity index (χ1) is 13.5. The number of hydrogen-bond donors (Lipinski definition) is 2. The van der Waals surface area contributed by atoms with E-state index in [1.807, 2.05) is 0 Å². The Morgan fingerprint density at radius 2 is 1.96 bits per heavy atom. The third-order valence-electron chi connectivity index (χ3n) is 8.74. The molecule has 1 aromatic rings. The van der Waals surface area contributed by atoms with Gasteiger partial charge in [-0.2, -0.15) is 0 Å². The Morgan fingerprint density at radius 3 is 2.71 bits per heavy atom. The second kappa shape index (κ2) is 6.51. The van der Waals surface area contributed by atoms with E-state index in [2.05, 4.69) is 31.0 Å². The molecule has 3 fully saturated rings. The number of terminal acetylenes is 1. The lowest BCUT2D eigenvalue weighted by Crippen LogP contribution is -2.53. The summed E-state index contributed by atoms with van der Waals surface area (Å²) in [5.74, 6) is 4.89. The van der Waals surface area contributed by atoms with Crippen molar-refractivity contribution in [3.05, 3.63) is 29.3 Å². The first-order valence-corrected chi connectivity index (χ1v) is 11.1. The number of aliphatic hydroxyl groups excluding tert-OH is 1. The SMILES string of the molecule is C#C[C@]1(O)[C@H](O)C[C@@H]2[C@@H]3CCc4cc(OC5CCCC5)ccc4[C@H]3CC[C@@]21C. The molecule has 0 amide bonds. The fourth-order valence-electron chi connectivity index (χ4n) is 7.11. The van der Waals surface area contributed by atoms with Crippen molar-refractivity contribution in [1.82, 2.24) is 0 Å². The Labute approximate surface area is 168 Å². The molecule has 6 atom stereocenters. The third-order valence-corrected chi connectivity index (χ3v) is 8.74. The van der Waals surface area contributed by atoms with E-state index in [4.69, 9.17) is 11.2 Å². The Hall–Kier alpha value is -1.50. The fraction of sp³-hybridized carbons (Fsp3) is 0.680. The molecule has 3 nitrogen and oxygen atoms in total. The van der Waals surface area contributed by atoms with Crippen LogP contribution in [-0.4, -0.2) is 28.0 Å². The lowest BCUT2D eigenvalue weighted by molar-refractivity contribution is -0.101. The van der Waals surface area contributed by atoms with Gasteiger partial charge in [-0.15, -0.1) is 6.42 Å². The summed E-state index contributed by atoms with van der Waals surface area (Å²) in [5, 5.41) is 21.7. The van der Waals surface area contributed by atoms with E-state index >= 15 is 0 Å². The van der Waals surface area contributed by atoms with Gasteiger partial charge in [-0.25, -0.2) is 0 Å². The summed E-state index contributed by atoms with van der Waals surface area (Å²) in [4.78, 5) is 0. The number of aliphatic hydroxyl groups is 2. The van der Waals surface area contributed by atoms with Crippen LogP contribution in [0.3, 0.4) is 0 Å². The van der Waals surface area contributed by atoms with Crippen LogP contribution in [-0.2, 0) is 6.42 Å². The third kappa shape index (κ3) is 2.50. The zero-order chi connectivity index (χ0) is 19.5. The van der Waals surface area contributed by atoms with Crippen LogP contribution in [0.5, 0.6) is 5.75 Å². The lowest BCUT2D eigenvalue weighted by atomic mass is 9.53. The summed E-state index contributed by atoms with van der Waals surface area (Å²) < 4.78 is 6.23. The predicted octanol–water partition coefficient (Wildman–Crippen LogP) is 4.20. The van der Waals surface area contributed by atoms with E-state index in [9.17, 15) is 10.2 Å². The number of hydrogen-bond acceptors (Lipinski definition) is 3. The lowest BCUT2D eigenvalue weighted by Gasteiger charge is -2.52. The number of benzene rings is 1. The first kappa shape index (κ1) is 18.5. The van der Waals surface area contributed by atoms with Crippen molar-refractivity contribution < 1.29 is 14.9 Å². The molecular formula is C25H32O3. The second-order valence-electron chi connectivity index (χ2n) is 9.92. The van der Waals surface area contributed by atoms with E-state index in [0.717, 1.165) is 31.4 Å². The van der Waals surface area contributed by atoms with Crippen LogP contribution in [0.1, 0.15) is 75.3 Å². The van der Waals surface area contributed by atoms with Gasteiger partial charge in [0.15, 0.2) is 5.60 Å². The summed E-state index contributed by atoms with van der Waals surface area (Å²) in [6, 6.07) is 6.73. The molecule has 4 aliphatic rings. The summed E-state index contributed by atoms with van der Waals surface area (Å²) in [6.07, 6.45) is 14.9. The minimum Gasteiger partial charge on any atom is -0.490 e. The number of rotatable bonds is 2. The molecule has 0 spiro atoms. The monoisotopic (exact) mass is 380 g/mol. The second-order valence-corrected chi connectivity index (χ2v) is 9.92. The van der Waals surface area contributed by atoms with Crippen LogP contribution in [0.25, 0.3) is 0 Å². The van der Waals surface area contributed by atoms with Gasteiger partial charge in [-0.3, -0.25) is 0 Å². The highest BCUT2D eigenvalue weighted by molar-refractivity contribution is 5.41. The molecule has 0 aromatic heterocycles. The van der Waals surface area contributed by atoms with Gasteiger partial charge in [0.25, 0.3) is 0 Å². The molecule has 5 rings (SSSR count). The van der Waals surface area contributed by atoms with Gasteiger partial charge >= 0.3 is 0 Å². The molecule has 3 heteroatoms. The smallest absolute Gasteiger partial charge is 0.156 e. The fourth-order valence-corrected chi connectivity index (χ4v) is 7.11. The highest BCUT2D eigenvalue weighted by Crippen LogP contribution is 2.64. The van der Waals surface area contributed by atoms with Crippen molar-refractivity contribution in [2.45, 2.75) is 88.4 Å². The molecule has 150 valence electrons. The molecule has 0 bridgehead atoms. The van der Waals surface area contributed by atoms with Crippen LogP contribution < -0.4 is 4.74 Å². The molecule has 0 unspecified atom stereocenters. The summed E-state index contributed by atoms with van der Waals surface area (Å²) >= 11 is 0. The van der Waals surface area contributed by atoms with E-state index < -0.39 is 11.7 Å². The molecule has 1 aromatic carbocycles. The topological polar surface area (TPSA) is 49.7 Å². The first-order valence-electron chi connectivity index (χ1n) is 11.1. The van der Waals surface area contributed by atoms with Crippen molar-refractivity contribution in [3.8, 4) is 18.1 Å². The van der Waals surface area contributed by atoms with Crippen molar-refractivity contribution in [3.63, 3.8) is 0 Å². The van der Waals surface area contributed by atoms with Crippen molar-refractivity contribution in [1.29, 1.82) is 0 Å². The van der Waals surface area contributed by atoms with Gasteiger partial charge in [0, 0.05) is 5.41 Å². The average molecular weight is 381 g/mol. The maximum atomic E-state index is 11.1. The standard InChI is InChI=1S/C25H32O3/c1-3-25(27)23(26)15-22-21-10-8-16-14-18(28-17-6-4-5-7-17)9-11-19(16)20(21)12-13-24(22,25)2/h1,9,11,14,17,20-23,26-27H,4-8,10,12-13,15H2,2H3/t20-,21-,22-,23-,24+,25+/m1/s1. The quantitative estimate of drug-likeness (QED) is 0.756. The molecule has 2 N–H and O–H groups in total. The number of fused-ring (bicyclic) bond motifs is 5. The van der Waals surface area contributed by atoms with Gasteiger partial charge in [-0.05, 0) is 98.8 Å². The van der Waals surface area contributed by atoms with Crippen molar-refractivity contribution in [2.75, 3.05) is 0 Å². The summed E-state index contributed by atoms with van der Waals surface area (Å²) in [5.41, 5.74) is 1.13. The highest BCUT2D eigenvalue weighted by Gasteiger charge is 2.65. The molecular weight excluding hydrogens is 348 g/mol. The zero-order valence-corrected chi connectivity index (χ0v) is 16.9. The Bertz CT molecular complexity index is 805. The average Bonchev–Trinajstić information content (AvgIpc) is 3.27. The maximum Gasteiger partial charge on any atom is 0.156 e. The Kier molecular flexibility index (Phi) is 4.30. The van der Waals surface area contributed by atoms with Gasteiger partial charge < -0.3 is 14.9 Å². The number of aryl methyl sites for hydroxylation is 1. The van der Waals surface area contributed by atoms with E-state index in [1.165, 1.54) is 36.8 Å². The molecule has 28 heavy (non-hydrogen) atoms. The highest BCUT2D eigenvalue weighted by atomic mass is 16.5. The molecule has 0 radical (unpaired) electrons. The molecule has 4 aliphatic carbocycles. The van der Waals surface area contributed by atoms with Crippen LogP contribution in [0.2, 0.25) is 0 Å². The normalized spacial score (nSPS) is 42.4. The van der Waals surface area contributed by atoms with Crippen molar-refractivity contribution >= 4 is 0 Å². The van der Waals surface area contributed by atoms with Crippen molar-refractivity contribution in [2.24, 2.45) is 17.3 Å². The van der Waals surface area contributed by atoms with Gasteiger partial charge in [0.05, 0.1) is 12.2 Å². The summed E-state index contributed by atoms with van der Waals surface area (Å²) in [7, 11) is 0. The Balaban J connectivity index is 1.41. The maximum absolute atomic E-state index is 11.1. The van der Waals surface area contributed by atoms with Gasteiger partial charge in [0.1, 0.15) is 5.75 Å². The number of ether oxygens (including phenoxy) is 1. The van der Waals surface area contributed by atoms with Crippen LogP contribution in [0.15, 0.2) is 18.2 Å². The molecule has 0 saturated heterocycles. The minimum atomic E-state index is -1.39. The van der Waals surface area contributed by atoms with Gasteiger partial charge in [-0.1, -0.05) is 18.9 Å². The van der Waals surface area contributed by atoms with E-state index in [0.29, 0.717) is 24.4 Å². The van der Waals surface area contributed by atoms with E-state index in [1.54, 1.807) is 0 Å². The largest absolute Gasteiger partial charge is 0.490 e.